The standard InChI is InChI=1S/C12H25N.FH/c1-3-5-6-7-10-13-11-8-9-12(13)4-2;/h12H,3-11H2,1-2H3;1H. The van der Waals surface area contributed by atoms with E-state index in [2.05, 4.69) is 13.8 Å². The molecule has 1 saturated heterocycles. The molecule has 0 aromatic heterocycles. The Balaban J connectivity index is 0.00000169. The lowest BCUT2D eigenvalue weighted by molar-refractivity contribution is -0.912. The Morgan fingerprint density at radius 2 is 1.93 bits per heavy atom. The highest BCUT2D eigenvalue weighted by Crippen LogP contribution is 2.04. The summed E-state index contributed by atoms with van der Waals surface area (Å²) in [5.41, 5.74) is 0. The van der Waals surface area contributed by atoms with Crippen molar-refractivity contribution in [3.05, 3.63) is 0 Å². The second kappa shape index (κ2) is 8.22. The molecule has 14 heavy (non-hydrogen) atoms. The van der Waals surface area contributed by atoms with Crippen molar-refractivity contribution < 1.29 is 9.60 Å². The summed E-state index contributed by atoms with van der Waals surface area (Å²) in [7, 11) is 0. The molecule has 1 aliphatic rings. The summed E-state index contributed by atoms with van der Waals surface area (Å²) in [6.07, 6.45) is 10.1. The zero-order chi connectivity index (χ0) is 9.52. The van der Waals surface area contributed by atoms with E-state index in [-0.39, 0.29) is 4.70 Å². The molecule has 0 bridgehead atoms. The number of hydrogen-bond donors (Lipinski definition) is 1. The number of likely N-dealkylation sites (tertiary alicyclic amines) is 1. The second-order valence-corrected chi connectivity index (χ2v) is 4.47. The van der Waals surface area contributed by atoms with E-state index < -0.39 is 0 Å². The van der Waals surface area contributed by atoms with Crippen LogP contribution in [-0.4, -0.2) is 19.1 Å². The second-order valence-electron chi connectivity index (χ2n) is 4.47. The fraction of sp³-hybridized carbons (Fsp3) is 1.00. The number of hydrogen-bond acceptors (Lipinski definition) is 0. The van der Waals surface area contributed by atoms with Crippen LogP contribution < -0.4 is 9.60 Å². The monoisotopic (exact) mass is 203 g/mol. The van der Waals surface area contributed by atoms with Crippen LogP contribution >= 0.6 is 0 Å². The van der Waals surface area contributed by atoms with E-state index in [9.17, 15) is 0 Å². The normalized spacial score (nSPS) is 26.1. The fourth-order valence-corrected chi connectivity index (χ4v) is 2.58. The molecule has 0 aromatic rings. The van der Waals surface area contributed by atoms with Crippen LogP contribution in [0.25, 0.3) is 0 Å². The van der Waals surface area contributed by atoms with Gasteiger partial charge in [-0.3, -0.25) is 0 Å². The highest BCUT2D eigenvalue weighted by Gasteiger charge is 2.25. The van der Waals surface area contributed by atoms with E-state index in [1.54, 1.807) is 0 Å². The maximum Gasteiger partial charge on any atom is 0.0874 e. The van der Waals surface area contributed by atoms with E-state index in [0.717, 1.165) is 6.04 Å². The van der Waals surface area contributed by atoms with Crippen molar-refractivity contribution in [3.8, 4) is 0 Å². The van der Waals surface area contributed by atoms with Crippen LogP contribution in [0.2, 0.25) is 0 Å². The summed E-state index contributed by atoms with van der Waals surface area (Å²) < 4.78 is 0. The van der Waals surface area contributed by atoms with Crippen LogP contribution in [0.1, 0.15) is 58.8 Å². The van der Waals surface area contributed by atoms with Gasteiger partial charge in [-0.2, -0.15) is 0 Å². The Hall–Kier alpha value is -0.110. The molecular formula is C12H26FN. The lowest BCUT2D eigenvalue weighted by Gasteiger charge is -2.19. The quantitative estimate of drug-likeness (QED) is 0.530. The Morgan fingerprint density at radius 1 is 1.14 bits per heavy atom. The minimum Gasteiger partial charge on any atom is -1.00 e. The Bertz CT molecular complexity index is 127. The highest BCUT2D eigenvalue weighted by molar-refractivity contribution is 4.60. The molecule has 0 amide bonds. The molecule has 1 nitrogen and oxygen atoms in total. The van der Waals surface area contributed by atoms with Gasteiger partial charge in [0.2, 0.25) is 0 Å². The van der Waals surface area contributed by atoms with Gasteiger partial charge in [-0.15, -0.1) is 0 Å². The van der Waals surface area contributed by atoms with Gasteiger partial charge in [0.15, 0.2) is 0 Å². The van der Waals surface area contributed by atoms with Gasteiger partial charge in [-0.05, 0) is 19.3 Å². The minimum absolute atomic E-state index is 0. The fourth-order valence-electron chi connectivity index (χ4n) is 2.58. The predicted octanol–water partition coefficient (Wildman–Crippen LogP) is -0.972. The summed E-state index contributed by atoms with van der Waals surface area (Å²) in [6.45, 7) is 7.53. The van der Waals surface area contributed by atoms with Crippen LogP contribution in [0.15, 0.2) is 0 Å². The minimum atomic E-state index is 0. The molecule has 0 saturated carbocycles. The molecule has 0 aromatic carbocycles. The highest BCUT2D eigenvalue weighted by atomic mass is 19.0. The number of rotatable bonds is 6. The van der Waals surface area contributed by atoms with Gasteiger partial charge in [0.05, 0.1) is 19.1 Å². The maximum atomic E-state index is 2.35. The van der Waals surface area contributed by atoms with Crippen molar-refractivity contribution in [1.82, 2.24) is 0 Å². The molecule has 0 radical (unpaired) electrons. The lowest BCUT2D eigenvalue weighted by atomic mass is 10.1. The predicted molar refractivity (Wildman–Crippen MR) is 58.2 cm³/mol. The first-order valence-electron chi connectivity index (χ1n) is 6.23. The third kappa shape index (κ3) is 4.41. The van der Waals surface area contributed by atoms with Crippen LogP contribution in [0.5, 0.6) is 0 Å². The van der Waals surface area contributed by atoms with Gasteiger partial charge in [0, 0.05) is 12.8 Å². The van der Waals surface area contributed by atoms with E-state index in [0.29, 0.717) is 0 Å². The smallest absolute Gasteiger partial charge is 0.0874 e. The van der Waals surface area contributed by atoms with Crippen LogP contribution in [0, 0.1) is 0 Å². The van der Waals surface area contributed by atoms with Crippen molar-refractivity contribution in [2.45, 2.75) is 64.8 Å². The molecule has 1 aliphatic heterocycles. The zero-order valence-electron chi connectivity index (χ0n) is 9.82. The van der Waals surface area contributed by atoms with Gasteiger partial charge in [0.25, 0.3) is 0 Å². The van der Waals surface area contributed by atoms with Gasteiger partial charge in [0.1, 0.15) is 0 Å². The first-order chi connectivity index (χ1) is 6.38. The molecule has 2 atom stereocenters. The van der Waals surface area contributed by atoms with Crippen molar-refractivity contribution in [2.75, 3.05) is 13.1 Å². The summed E-state index contributed by atoms with van der Waals surface area (Å²) in [5.74, 6) is 0. The summed E-state index contributed by atoms with van der Waals surface area (Å²) in [5, 5.41) is 0. The molecule has 0 spiro atoms. The van der Waals surface area contributed by atoms with Crippen LogP contribution in [0.4, 0.5) is 0 Å². The number of unbranched alkanes of at least 4 members (excludes halogenated alkanes) is 3. The largest absolute Gasteiger partial charge is 1.00 e. The molecular weight excluding hydrogens is 177 g/mol. The lowest BCUT2D eigenvalue weighted by Crippen LogP contribution is -3.13. The Labute approximate surface area is 88.2 Å². The van der Waals surface area contributed by atoms with Gasteiger partial charge in [-0.25, -0.2) is 0 Å². The Morgan fingerprint density at radius 3 is 2.57 bits per heavy atom. The molecule has 1 N–H and O–H groups in total. The molecule has 0 aliphatic carbocycles. The third-order valence-corrected chi connectivity index (χ3v) is 3.47. The van der Waals surface area contributed by atoms with Crippen molar-refractivity contribution in [1.29, 1.82) is 0 Å². The molecule has 2 unspecified atom stereocenters. The Kier molecular flexibility index (Phi) is 8.15. The number of nitrogens with one attached hydrogen (secondary N) is 1. The van der Waals surface area contributed by atoms with E-state index in [4.69, 9.17) is 0 Å². The molecule has 1 heterocycles. The number of halogens is 1. The zero-order valence-corrected chi connectivity index (χ0v) is 9.82. The SMILES string of the molecule is CCCCCC[NH+]1CCCC1CC.[F-]. The van der Waals surface area contributed by atoms with E-state index in [1.807, 2.05) is 4.90 Å². The number of quaternary nitrogens is 1. The first-order valence-corrected chi connectivity index (χ1v) is 6.23. The molecule has 1 fully saturated rings. The van der Waals surface area contributed by atoms with Gasteiger partial charge < -0.3 is 9.60 Å². The average molecular weight is 203 g/mol. The average Bonchev–Trinajstić information content (AvgIpc) is 2.60. The third-order valence-electron chi connectivity index (χ3n) is 3.47. The summed E-state index contributed by atoms with van der Waals surface area (Å²) in [6, 6.07) is 1.00. The van der Waals surface area contributed by atoms with Crippen molar-refractivity contribution >= 4 is 0 Å². The van der Waals surface area contributed by atoms with E-state index in [1.165, 1.54) is 58.0 Å². The maximum absolute atomic E-state index is 2.35. The summed E-state index contributed by atoms with van der Waals surface area (Å²) >= 11 is 0. The molecule has 2 heteroatoms. The van der Waals surface area contributed by atoms with Crippen molar-refractivity contribution in [2.24, 2.45) is 0 Å². The van der Waals surface area contributed by atoms with Gasteiger partial charge >= 0.3 is 0 Å². The van der Waals surface area contributed by atoms with Gasteiger partial charge in [-0.1, -0.05) is 26.7 Å². The topological polar surface area (TPSA) is 4.44 Å². The van der Waals surface area contributed by atoms with Crippen LogP contribution in [0.3, 0.4) is 0 Å². The first kappa shape index (κ1) is 13.9. The molecule has 1 rings (SSSR count). The molecule has 86 valence electrons. The van der Waals surface area contributed by atoms with Crippen LogP contribution in [-0.2, 0) is 0 Å². The van der Waals surface area contributed by atoms with Crippen molar-refractivity contribution in [3.63, 3.8) is 0 Å². The van der Waals surface area contributed by atoms with E-state index >= 15 is 0 Å². The summed E-state index contributed by atoms with van der Waals surface area (Å²) in [4.78, 5) is 1.90.